The number of hydrazone groups is 1. The van der Waals surface area contributed by atoms with Crippen molar-refractivity contribution in [2.24, 2.45) is 5.10 Å². The molecule has 0 heterocycles. The number of hydrogen-bond acceptors (Lipinski definition) is 3. The lowest BCUT2D eigenvalue weighted by Crippen LogP contribution is -2.17. The Kier molecular flexibility index (Phi) is 4.95. The Labute approximate surface area is 128 Å². The number of amides is 1. The first-order chi connectivity index (χ1) is 10.1. The van der Waals surface area contributed by atoms with E-state index in [0.29, 0.717) is 10.6 Å². The number of benzene rings is 2. The zero-order valence-electron chi connectivity index (χ0n) is 11.8. The van der Waals surface area contributed by atoms with Crippen LogP contribution in [0.15, 0.2) is 47.6 Å². The van der Waals surface area contributed by atoms with Crippen LogP contribution >= 0.6 is 11.6 Å². The molecule has 0 aliphatic rings. The minimum Gasteiger partial charge on any atom is -0.497 e. The first-order valence-corrected chi connectivity index (χ1v) is 6.71. The van der Waals surface area contributed by atoms with Crippen LogP contribution in [-0.2, 0) is 0 Å². The van der Waals surface area contributed by atoms with Gasteiger partial charge in [0.1, 0.15) is 5.75 Å². The second-order valence-corrected chi connectivity index (χ2v) is 4.86. The maximum Gasteiger partial charge on any atom is 0.271 e. The summed E-state index contributed by atoms with van der Waals surface area (Å²) >= 11 is 5.77. The van der Waals surface area contributed by atoms with Gasteiger partial charge in [0, 0.05) is 10.6 Å². The molecule has 2 aromatic rings. The summed E-state index contributed by atoms with van der Waals surface area (Å²) in [6, 6.07) is 12.2. The summed E-state index contributed by atoms with van der Waals surface area (Å²) in [7, 11) is 1.62. The smallest absolute Gasteiger partial charge is 0.271 e. The molecule has 0 atom stereocenters. The fraction of sp³-hybridized carbons (Fsp3) is 0.125. The van der Waals surface area contributed by atoms with Gasteiger partial charge in [-0.25, -0.2) is 5.43 Å². The van der Waals surface area contributed by atoms with E-state index in [1.165, 1.54) is 0 Å². The average molecular weight is 303 g/mol. The van der Waals surface area contributed by atoms with Crippen LogP contribution in [0.3, 0.4) is 0 Å². The third kappa shape index (κ3) is 4.07. The Bertz CT molecular complexity index is 666. The Morgan fingerprint density at radius 3 is 2.57 bits per heavy atom. The van der Waals surface area contributed by atoms with Gasteiger partial charge in [0.05, 0.1) is 13.3 Å². The molecular formula is C16H15ClN2O2. The van der Waals surface area contributed by atoms with Crippen molar-refractivity contribution in [2.45, 2.75) is 6.92 Å². The van der Waals surface area contributed by atoms with Crippen molar-refractivity contribution < 1.29 is 9.53 Å². The minimum atomic E-state index is -0.283. The van der Waals surface area contributed by atoms with Gasteiger partial charge in [0.15, 0.2) is 0 Å². The molecule has 0 aromatic heterocycles. The zero-order chi connectivity index (χ0) is 15.2. The fourth-order valence-electron chi connectivity index (χ4n) is 1.75. The topological polar surface area (TPSA) is 50.7 Å². The molecule has 0 bridgehead atoms. The zero-order valence-corrected chi connectivity index (χ0v) is 12.5. The molecule has 2 aromatic carbocycles. The van der Waals surface area contributed by atoms with Crippen LogP contribution in [0.4, 0.5) is 0 Å². The highest BCUT2D eigenvalue weighted by molar-refractivity contribution is 6.30. The molecule has 0 saturated heterocycles. The Morgan fingerprint density at radius 1 is 1.24 bits per heavy atom. The number of nitrogens with one attached hydrogen (secondary N) is 1. The van der Waals surface area contributed by atoms with E-state index < -0.39 is 0 Å². The summed E-state index contributed by atoms with van der Waals surface area (Å²) < 4.78 is 5.14. The molecule has 0 saturated carbocycles. The van der Waals surface area contributed by atoms with Gasteiger partial charge in [-0.3, -0.25) is 4.79 Å². The quantitative estimate of drug-likeness (QED) is 0.695. The predicted octanol–water partition coefficient (Wildman–Crippen LogP) is 3.42. The SMILES string of the molecule is COc1ccc(/C=N\NC(=O)c2ccc(Cl)cc2)c(C)c1. The van der Waals surface area contributed by atoms with Crippen LogP contribution in [0, 0.1) is 6.92 Å². The number of methoxy groups -OCH3 is 1. The lowest BCUT2D eigenvalue weighted by molar-refractivity contribution is 0.0955. The van der Waals surface area contributed by atoms with E-state index in [1.54, 1.807) is 37.6 Å². The van der Waals surface area contributed by atoms with Crippen LogP contribution in [0.2, 0.25) is 5.02 Å². The Balaban J connectivity index is 2.02. The maximum absolute atomic E-state index is 11.8. The second kappa shape index (κ2) is 6.90. The highest BCUT2D eigenvalue weighted by Gasteiger charge is 2.03. The molecule has 21 heavy (non-hydrogen) atoms. The number of rotatable bonds is 4. The minimum absolute atomic E-state index is 0.283. The van der Waals surface area contributed by atoms with E-state index in [1.807, 2.05) is 25.1 Å². The third-order valence-corrected chi connectivity index (χ3v) is 3.21. The number of carbonyl (C=O) groups is 1. The summed E-state index contributed by atoms with van der Waals surface area (Å²) in [6.07, 6.45) is 1.60. The highest BCUT2D eigenvalue weighted by atomic mass is 35.5. The van der Waals surface area contributed by atoms with E-state index in [-0.39, 0.29) is 5.91 Å². The Morgan fingerprint density at radius 2 is 1.95 bits per heavy atom. The van der Waals surface area contributed by atoms with Crippen molar-refractivity contribution >= 4 is 23.7 Å². The molecule has 1 N–H and O–H groups in total. The summed E-state index contributed by atoms with van der Waals surface area (Å²) in [5, 5.41) is 4.55. The van der Waals surface area contributed by atoms with Crippen LogP contribution in [0.5, 0.6) is 5.75 Å². The standard InChI is InChI=1S/C16H15ClN2O2/c1-11-9-15(21-2)8-5-13(11)10-18-19-16(20)12-3-6-14(17)7-4-12/h3-10H,1-2H3,(H,19,20)/b18-10-. The van der Waals surface area contributed by atoms with Gasteiger partial charge in [-0.1, -0.05) is 11.6 Å². The van der Waals surface area contributed by atoms with Gasteiger partial charge < -0.3 is 4.74 Å². The van der Waals surface area contributed by atoms with Gasteiger partial charge in [-0.15, -0.1) is 0 Å². The number of ether oxygens (including phenoxy) is 1. The molecule has 108 valence electrons. The lowest BCUT2D eigenvalue weighted by atomic mass is 10.1. The summed E-state index contributed by atoms with van der Waals surface area (Å²) in [4.78, 5) is 11.8. The molecule has 0 fully saturated rings. The molecule has 2 rings (SSSR count). The molecule has 0 spiro atoms. The monoisotopic (exact) mass is 302 g/mol. The number of halogens is 1. The van der Waals surface area contributed by atoms with Gasteiger partial charge in [0.2, 0.25) is 0 Å². The molecule has 0 radical (unpaired) electrons. The molecule has 0 unspecified atom stereocenters. The number of aryl methyl sites for hydroxylation is 1. The van der Waals surface area contributed by atoms with Crippen molar-refractivity contribution in [3.8, 4) is 5.75 Å². The molecular weight excluding hydrogens is 288 g/mol. The van der Waals surface area contributed by atoms with Gasteiger partial charge >= 0.3 is 0 Å². The predicted molar refractivity (Wildman–Crippen MR) is 84.2 cm³/mol. The summed E-state index contributed by atoms with van der Waals surface area (Å²) in [5.74, 6) is 0.504. The van der Waals surface area contributed by atoms with Gasteiger partial charge in [-0.2, -0.15) is 5.10 Å². The lowest BCUT2D eigenvalue weighted by Gasteiger charge is -2.04. The largest absolute Gasteiger partial charge is 0.497 e. The highest BCUT2D eigenvalue weighted by Crippen LogP contribution is 2.15. The van der Waals surface area contributed by atoms with Crippen LogP contribution in [0.1, 0.15) is 21.5 Å². The number of carbonyl (C=O) groups excluding carboxylic acids is 1. The molecule has 0 aliphatic carbocycles. The summed E-state index contributed by atoms with van der Waals surface area (Å²) in [6.45, 7) is 1.95. The normalized spacial score (nSPS) is 10.6. The molecule has 0 aliphatic heterocycles. The number of hydrogen-bond donors (Lipinski definition) is 1. The van der Waals surface area contributed by atoms with E-state index >= 15 is 0 Å². The molecule has 4 nitrogen and oxygen atoms in total. The van der Waals surface area contributed by atoms with Crippen molar-refractivity contribution in [2.75, 3.05) is 7.11 Å². The number of nitrogens with zero attached hydrogens (tertiary/aromatic N) is 1. The van der Waals surface area contributed by atoms with Gasteiger partial charge in [0.25, 0.3) is 5.91 Å². The summed E-state index contributed by atoms with van der Waals surface area (Å²) in [5.41, 5.74) is 4.90. The molecule has 5 heteroatoms. The van der Waals surface area contributed by atoms with Crippen LogP contribution in [0.25, 0.3) is 0 Å². The van der Waals surface area contributed by atoms with Crippen molar-refractivity contribution in [3.63, 3.8) is 0 Å². The van der Waals surface area contributed by atoms with E-state index in [0.717, 1.165) is 16.9 Å². The maximum atomic E-state index is 11.8. The van der Waals surface area contributed by atoms with Crippen LogP contribution in [-0.4, -0.2) is 19.2 Å². The second-order valence-electron chi connectivity index (χ2n) is 4.43. The van der Waals surface area contributed by atoms with Crippen molar-refractivity contribution in [1.29, 1.82) is 0 Å². The average Bonchev–Trinajstić information content (AvgIpc) is 2.49. The third-order valence-electron chi connectivity index (χ3n) is 2.95. The van der Waals surface area contributed by atoms with E-state index in [4.69, 9.17) is 16.3 Å². The molecule has 1 amide bonds. The van der Waals surface area contributed by atoms with E-state index in [2.05, 4.69) is 10.5 Å². The van der Waals surface area contributed by atoms with E-state index in [9.17, 15) is 4.79 Å². The first kappa shape index (κ1) is 15.1. The van der Waals surface area contributed by atoms with Crippen molar-refractivity contribution in [3.05, 3.63) is 64.2 Å². The van der Waals surface area contributed by atoms with Crippen LogP contribution < -0.4 is 10.2 Å². The fourth-order valence-corrected chi connectivity index (χ4v) is 1.87. The Hall–Kier alpha value is -2.33. The van der Waals surface area contributed by atoms with Gasteiger partial charge in [-0.05, 0) is 60.5 Å². The first-order valence-electron chi connectivity index (χ1n) is 6.34. The van der Waals surface area contributed by atoms with Crippen molar-refractivity contribution in [1.82, 2.24) is 5.43 Å².